The van der Waals surface area contributed by atoms with Gasteiger partial charge in [-0.15, -0.1) is 0 Å². The molecule has 0 radical (unpaired) electrons. The number of alkyl carbamates (subject to hydrolysis) is 2. The summed E-state index contributed by atoms with van der Waals surface area (Å²) in [7, 11) is -6.67. The molecule has 0 spiro atoms. The summed E-state index contributed by atoms with van der Waals surface area (Å²) in [6, 6.07) is 32.0. The molecule has 4 rings (SSSR count). The number of nitro benzene ring substituents is 1. The van der Waals surface area contributed by atoms with Gasteiger partial charge in [-0.05, 0) is 113 Å². The molecule has 0 saturated carbocycles. The molecule has 0 aromatic heterocycles. The third-order valence-corrected chi connectivity index (χ3v) is 15.8. The van der Waals surface area contributed by atoms with Gasteiger partial charge in [-0.3, -0.25) is 10.1 Å². The molecule has 4 aromatic carbocycles. The van der Waals surface area contributed by atoms with Gasteiger partial charge in [0.15, 0.2) is 0 Å². The predicted octanol–water partition coefficient (Wildman–Crippen LogP) is 8.96. The first kappa shape index (κ1) is 66.6. The predicted molar refractivity (Wildman–Crippen MR) is 302 cm³/mol. The zero-order valence-corrected chi connectivity index (χ0v) is 48.9. The Morgan fingerprint density at radius 1 is 0.620 bits per heavy atom. The Kier molecular flexibility index (Phi) is 24.9. The molecule has 5 N–H and O–H groups in total. The van der Waals surface area contributed by atoms with Crippen LogP contribution in [0.1, 0.15) is 106 Å². The summed E-state index contributed by atoms with van der Waals surface area (Å²) in [5, 5.41) is 60.7. The molecule has 2 unspecified atom stereocenters. The molecule has 432 valence electrons. The van der Waals surface area contributed by atoms with Crippen molar-refractivity contribution in [1.82, 2.24) is 19.2 Å². The Balaban J connectivity index is 0.000000415. The van der Waals surface area contributed by atoms with E-state index in [1.807, 2.05) is 74.5 Å². The number of nitriles is 2. The van der Waals surface area contributed by atoms with Crippen molar-refractivity contribution in [3.63, 3.8) is 0 Å². The number of rotatable bonds is 26. The average Bonchev–Trinajstić information content (AvgIpc) is 3.36. The maximum atomic E-state index is 13.9. The third-order valence-electron chi connectivity index (χ3n) is 12.2. The van der Waals surface area contributed by atoms with Gasteiger partial charge < -0.3 is 35.6 Å². The minimum atomic E-state index is -4.33. The molecular weight excluding hydrogens is 1050 g/mol. The molecule has 2 amide bonds. The van der Waals surface area contributed by atoms with Crippen LogP contribution in [0.3, 0.4) is 0 Å². The fraction of sp³-hybridized carbons (Fsp3) is 0.509. The summed E-state index contributed by atoms with van der Waals surface area (Å²) in [4.78, 5) is 35.7. The van der Waals surface area contributed by atoms with Crippen LogP contribution in [0, 0.1) is 43.6 Å². The van der Waals surface area contributed by atoms with Crippen molar-refractivity contribution in [3.05, 3.63) is 130 Å². The molecule has 0 aliphatic heterocycles. The second-order valence-corrected chi connectivity index (χ2v) is 26.7. The van der Waals surface area contributed by atoms with E-state index < -0.39 is 90.0 Å². The Morgan fingerprint density at radius 3 is 1.35 bits per heavy atom. The van der Waals surface area contributed by atoms with Gasteiger partial charge in [-0.1, -0.05) is 100 Å². The number of nitro groups is 1. The third kappa shape index (κ3) is 23.3. The fourth-order valence-corrected chi connectivity index (χ4v) is 11.5. The molecule has 0 aliphatic rings. The average molecular weight is 1130 g/mol. The van der Waals surface area contributed by atoms with Crippen LogP contribution in [0.15, 0.2) is 119 Å². The van der Waals surface area contributed by atoms with E-state index in [0.717, 1.165) is 21.5 Å². The number of sulfonamides is 2. The van der Waals surface area contributed by atoms with Crippen molar-refractivity contribution in [1.29, 1.82) is 10.5 Å². The van der Waals surface area contributed by atoms with Crippen LogP contribution in [0.25, 0.3) is 0 Å². The standard InChI is InChI=1S/C29H42N4O5S.C28H38N4O7S/c1-28(2,3)38-27(35)32-25(18-22-12-8-7-9-13-22)26(34)20-33(21-29(4,5)16-11-17-30)39(36,37)24-15-10-14-23(19-24)31-6;1-27(2,3)39-26(34)30-24(17-21-11-7-6-8-12-21)25(33)19-31(20-28(4,5)15-10-16-29)40(37,38)23-14-9-13-22(18-23)32(35)36/h7-10,12-15,19,25-26,31,34H,11,16,18,20-21H2,1-6H3,(H,32,35);6-9,11-14,18,24-25,33H,10,15,17,19-20H2,1-5H3,(H,30,34)/t25-,26?;24-,25?/m00/s1. The van der Waals surface area contributed by atoms with E-state index in [9.17, 15) is 46.8 Å². The van der Waals surface area contributed by atoms with Gasteiger partial charge in [0.2, 0.25) is 20.0 Å². The zero-order chi connectivity index (χ0) is 59.4. The maximum Gasteiger partial charge on any atom is 0.407 e. The maximum absolute atomic E-state index is 13.9. The number of carbonyl (C=O) groups is 2. The van der Waals surface area contributed by atoms with Crippen molar-refractivity contribution in [3.8, 4) is 12.1 Å². The highest BCUT2D eigenvalue weighted by Gasteiger charge is 2.38. The molecule has 79 heavy (non-hydrogen) atoms. The normalized spacial score (nSPS) is 13.8. The summed E-state index contributed by atoms with van der Waals surface area (Å²) in [6.45, 7) is 17.0. The lowest BCUT2D eigenvalue weighted by atomic mass is 9.88. The van der Waals surface area contributed by atoms with Crippen molar-refractivity contribution < 1.29 is 51.0 Å². The smallest absolute Gasteiger partial charge is 0.407 e. The Morgan fingerprint density at radius 2 is 1.00 bits per heavy atom. The van der Waals surface area contributed by atoms with E-state index >= 15 is 0 Å². The number of hydrogen-bond acceptors (Lipinski definition) is 15. The number of anilines is 1. The number of nitrogens with one attached hydrogen (secondary N) is 3. The molecule has 0 heterocycles. The highest BCUT2D eigenvalue weighted by atomic mass is 32.2. The molecule has 4 atom stereocenters. The zero-order valence-electron chi connectivity index (χ0n) is 47.3. The molecule has 0 saturated heterocycles. The molecule has 20 nitrogen and oxygen atoms in total. The fourth-order valence-electron chi connectivity index (χ4n) is 8.16. The van der Waals surface area contributed by atoms with Crippen molar-refractivity contribution in [2.24, 2.45) is 10.8 Å². The van der Waals surface area contributed by atoms with Gasteiger partial charge >= 0.3 is 12.2 Å². The number of non-ortho nitro benzene ring substituents is 1. The van der Waals surface area contributed by atoms with E-state index in [1.54, 1.807) is 74.6 Å². The molecule has 4 aromatic rings. The first-order valence-corrected chi connectivity index (χ1v) is 28.8. The van der Waals surface area contributed by atoms with Crippen LogP contribution >= 0.6 is 0 Å². The highest BCUT2D eigenvalue weighted by Crippen LogP contribution is 2.31. The first-order valence-electron chi connectivity index (χ1n) is 25.9. The van der Waals surface area contributed by atoms with Gasteiger partial charge in [0.05, 0.1) is 51.1 Å². The van der Waals surface area contributed by atoms with Crippen molar-refractivity contribution in [2.45, 2.75) is 153 Å². The van der Waals surface area contributed by atoms with Crippen molar-refractivity contribution >= 4 is 43.6 Å². The molecular formula is C57H80N8O12S2. The lowest BCUT2D eigenvalue weighted by Gasteiger charge is -2.35. The lowest BCUT2D eigenvalue weighted by molar-refractivity contribution is -0.385. The topological polar surface area (TPSA) is 295 Å². The van der Waals surface area contributed by atoms with E-state index in [1.165, 1.54) is 34.6 Å². The molecule has 0 bridgehead atoms. The Labute approximate surface area is 467 Å². The highest BCUT2D eigenvalue weighted by molar-refractivity contribution is 7.89. The van der Waals surface area contributed by atoms with Gasteiger partial charge in [-0.2, -0.15) is 19.1 Å². The van der Waals surface area contributed by atoms with Gasteiger partial charge in [0.25, 0.3) is 5.69 Å². The number of carbonyl (C=O) groups excluding carboxylic acids is 2. The van der Waals surface area contributed by atoms with Crippen LogP contribution < -0.4 is 16.0 Å². The number of hydrogen-bond donors (Lipinski definition) is 5. The molecule has 22 heteroatoms. The SMILES string of the molecule is CC(C)(CCC#N)CN(CC(O)[C@H](Cc1ccccc1)NC(=O)OC(C)(C)C)S(=O)(=O)c1cccc([N+](=O)[O-])c1.CNc1cccc(S(=O)(=O)N(CC(O)[C@H](Cc2ccccc2)NC(=O)OC(C)(C)C)CC(C)(C)CCC#N)c1. The second kappa shape index (κ2) is 29.5. The van der Waals surface area contributed by atoms with Gasteiger partial charge in [-0.25, -0.2) is 26.4 Å². The number of aliphatic hydroxyl groups is 2. The van der Waals surface area contributed by atoms with E-state index in [2.05, 4.69) is 28.1 Å². The van der Waals surface area contributed by atoms with Gasteiger partial charge in [0, 0.05) is 63.9 Å². The molecule has 0 aliphatic carbocycles. The van der Waals surface area contributed by atoms with E-state index in [-0.39, 0.29) is 60.8 Å². The Bertz CT molecular complexity index is 2920. The number of benzene rings is 4. The van der Waals surface area contributed by atoms with E-state index in [0.29, 0.717) is 18.5 Å². The largest absolute Gasteiger partial charge is 0.444 e. The van der Waals surface area contributed by atoms with Crippen LogP contribution in [0.5, 0.6) is 0 Å². The summed E-state index contributed by atoms with van der Waals surface area (Å²) < 4.78 is 68.5. The van der Waals surface area contributed by atoms with Gasteiger partial charge in [0.1, 0.15) is 11.2 Å². The monoisotopic (exact) mass is 1130 g/mol. The minimum Gasteiger partial charge on any atom is -0.444 e. The Hall–Kier alpha value is -6.66. The van der Waals surface area contributed by atoms with Crippen LogP contribution in [0.4, 0.5) is 21.0 Å². The minimum absolute atomic E-state index is 0.0718. The number of aliphatic hydroxyl groups excluding tert-OH is 2. The number of nitrogens with zero attached hydrogens (tertiary/aromatic N) is 5. The van der Waals surface area contributed by atoms with Crippen LogP contribution in [-0.4, -0.2) is 121 Å². The van der Waals surface area contributed by atoms with Crippen LogP contribution in [0.2, 0.25) is 0 Å². The van der Waals surface area contributed by atoms with E-state index in [4.69, 9.17) is 20.0 Å². The first-order chi connectivity index (χ1) is 36.7. The van der Waals surface area contributed by atoms with Crippen molar-refractivity contribution in [2.75, 3.05) is 38.5 Å². The summed E-state index contributed by atoms with van der Waals surface area (Å²) in [5.41, 5.74) is -0.854. The lowest BCUT2D eigenvalue weighted by Crippen LogP contribution is -2.52. The molecule has 0 fully saturated rings. The number of amides is 2. The summed E-state index contributed by atoms with van der Waals surface area (Å²) in [6.07, 6.45) is -2.34. The second-order valence-electron chi connectivity index (χ2n) is 22.8. The summed E-state index contributed by atoms with van der Waals surface area (Å²) in [5.74, 6) is 0. The summed E-state index contributed by atoms with van der Waals surface area (Å²) >= 11 is 0. The quantitative estimate of drug-likeness (QED) is 0.0290. The van der Waals surface area contributed by atoms with Crippen LogP contribution in [-0.2, 0) is 42.4 Å². The number of ether oxygens (including phenoxy) is 2.